The molecule has 0 aliphatic heterocycles. The fraction of sp³-hybridized carbons (Fsp3) is 0.235. The molecule has 0 spiro atoms. The second-order valence-corrected chi connectivity index (χ2v) is 6.98. The molecule has 2 aromatic rings. The van der Waals surface area contributed by atoms with Crippen LogP contribution in [0.3, 0.4) is 0 Å². The Balaban J connectivity index is 1.65. The Hall–Kier alpha value is -2.12. The molecule has 0 atom stereocenters. The van der Waals surface area contributed by atoms with Crippen LogP contribution in [0.4, 0.5) is 0 Å². The normalized spacial score (nSPS) is 10.2. The van der Waals surface area contributed by atoms with Gasteiger partial charge >= 0.3 is 5.97 Å². The molecule has 0 aliphatic rings. The molecule has 0 bridgehead atoms. The number of carbonyl (C=O) groups excluding carboxylic acids is 3. The van der Waals surface area contributed by atoms with Crippen molar-refractivity contribution >= 4 is 40.9 Å². The number of aryl methyl sites for hydroxylation is 1. The third-order valence-electron chi connectivity index (χ3n) is 3.00. The predicted molar refractivity (Wildman–Crippen MR) is 94.3 cm³/mol. The Morgan fingerprint density at radius 3 is 2.54 bits per heavy atom. The van der Waals surface area contributed by atoms with Crippen molar-refractivity contribution in [2.24, 2.45) is 0 Å². The monoisotopic (exact) mass is 363 g/mol. The van der Waals surface area contributed by atoms with Gasteiger partial charge in [0.15, 0.2) is 6.61 Å². The molecular formula is C17H17NO4S2. The number of carbonyl (C=O) groups is 3. The lowest BCUT2D eigenvalue weighted by Gasteiger charge is -2.05. The summed E-state index contributed by atoms with van der Waals surface area (Å²) in [5.41, 5.74) is 0.805. The average Bonchev–Trinajstić information content (AvgIpc) is 3.00. The van der Waals surface area contributed by atoms with Crippen LogP contribution in [0.25, 0.3) is 0 Å². The van der Waals surface area contributed by atoms with Crippen molar-refractivity contribution in [3.8, 4) is 0 Å². The van der Waals surface area contributed by atoms with Crippen LogP contribution in [0.1, 0.15) is 21.7 Å². The Labute approximate surface area is 148 Å². The summed E-state index contributed by atoms with van der Waals surface area (Å²) >= 11 is 2.79. The van der Waals surface area contributed by atoms with Gasteiger partial charge in [-0.3, -0.25) is 14.9 Å². The highest BCUT2D eigenvalue weighted by Crippen LogP contribution is 2.18. The van der Waals surface area contributed by atoms with Crippen LogP contribution in [0.2, 0.25) is 0 Å². The molecule has 5 nitrogen and oxygen atoms in total. The minimum Gasteiger partial charge on any atom is -0.451 e. The molecule has 2 rings (SSSR count). The largest absolute Gasteiger partial charge is 0.451 e. The first-order chi connectivity index (χ1) is 11.6. The van der Waals surface area contributed by atoms with Crippen LogP contribution in [0.5, 0.6) is 0 Å². The summed E-state index contributed by atoms with van der Waals surface area (Å²) in [7, 11) is 0. The fourth-order valence-corrected chi connectivity index (χ4v) is 3.50. The first kappa shape index (κ1) is 18.2. The van der Waals surface area contributed by atoms with E-state index in [4.69, 9.17) is 4.74 Å². The number of thioether (sulfide) groups is 1. The number of ether oxygens (including phenoxy) is 1. The SMILES string of the molecule is Cc1ccsc1C(=O)OCC(=O)NC(=O)CCSc1ccccc1. The van der Waals surface area contributed by atoms with Crippen LogP contribution in [0.15, 0.2) is 46.7 Å². The van der Waals surface area contributed by atoms with Crippen LogP contribution in [-0.4, -0.2) is 30.1 Å². The highest BCUT2D eigenvalue weighted by Gasteiger charge is 2.15. The summed E-state index contributed by atoms with van der Waals surface area (Å²) in [4.78, 5) is 36.6. The maximum Gasteiger partial charge on any atom is 0.349 e. The minimum atomic E-state index is -0.618. The topological polar surface area (TPSA) is 72.5 Å². The zero-order valence-corrected chi connectivity index (χ0v) is 14.7. The Morgan fingerprint density at radius 1 is 1.12 bits per heavy atom. The maximum absolute atomic E-state index is 11.8. The highest BCUT2D eigenvalue weighted by molar-refractivity contribution is 7.99. The van der Waals surface area contributed by atoms with Gasteiger partial charge in [0, 0.05) is 17.1 Å². The van der Waals surface area contributed by atoms with Gasteiger partial charge in [-0.05, 0) is 36.1 Å². The molecule has 1 heterocycles. The van der Waals surface area contributed by atoms with Gasteiger partial charge in [-0.15, -0.1) is 23.1 Å². The second kappa shape index (κ2) is 9.24. The Morgan fingerprint density at radius 2 is 1.88 bits per heavy atom. The first-order valence-electron chi connectivity index (χ1n) is 7.28. The second-order valence-electron chi connectivity index (χ2n) is 4.89. The third-order valence-corrected chi connectivity index (χ3v) is 5.01. The number of rotatable bonds is 7. The van der Waals surface area contributed by atoms with E-state index in [0.29, 0.717) is 10.6 Å². The van der Waals surface area contributed by atoms with Crippen LogP contribution in [-0.2, 0) is 14.3 Å². The third kappa shape index (κ3) is 5.82. The summed E-state index contributed by atoms with van der Waals surface area (Å²) < 4.78 is 4.91. The quantitative estimate of drug-likeness (QED) is 0.605. The predicted octanol–water partition coefficient (Wildman–Crippen LogP) is 3.04. The van der Waals surface area contributed by atoms with Crippen molar-refractivity contribution < 1.29 is 19.1 Å². The van der Waals surface area contributed by atoms with Crippen molar-refractivity contribution in [2.45, 2.75) is 18.2 Å². The number of nitrogens with one attached hydrogen (secondary N) is 1. The minimum absolute atomic E-state index is 0.212. The molecular weight excluding hydrogens is 346 g/mol. The lowest BCUT2D eigenvalue weighted by atomic mass is 10.3. The maximum atomic E-state index is 11.8. The number of hydrogen-bond donors (Lipinski definition) is 1. The van der Waals surface area contributed by atoms with E-state index in [1.807, 2.05) is 30.3 Å². The van der Waals surface area contributed by atoms with Crippen molar-refractivity contribution in [3.63, 3.8) is 0 Å². The molecule has 0 aliphatic carbocycles. The number of amides is 2. The summed E-state index contributed by atoms with van der Waals surface area (Å²) in [5, 5.41) is 3.99. The molecule has 0 saturated heterocycles. The van der Waals surface area contributed by atoms with Crippen LogP contribution < -0.4 is 5.32 Å². The van der Waals surface area contributed by atoms with E-state index < -0.39 is 18.5 Å². The molecule has 1 aromatic carbocycles. The molecule has 7 heteroatoms. The number of thiophene rings is 1. The Bertz CT molecular complexity index is 712. The molecule has 0 radical (unpaired) electrons. The average molecular weight is 363 g/mol. The fourth-order valence-electron chi connectivity index (χ4n) is 1.81. The number of imide groups is 1. The van der Waals surface area contributed by atoms with E-state index in [1.165, 1.54) is 23.1 Å². The molecule has 126 valence electrons. The van der Waals surface area contributed by atoms with E-state index in [9.17, 15) is 14.4 Å². The van der Waals surface area contributed by atoms with Gasteiger partial charge < -0.3 is 4.74 Å². The zero-order chi connectivity index (χ0) is 17.4. The molecule has 0 saturated carbocycles. The van der Waals surface area contributed by atoms with Gasteiger partial charge in [-0.2, -0.15) is 0 Å². The standard InChI is InChI=1S/C17H17NO4S2/c1-12-7-9-24-16(12)17(21)22-11-15(20)18-14(19)8-10-23-13-5-3-2-4-6-13/h2-7,9H,8,10-11H2,1H3,(H,18,19,20). The Kier molecular flexibility index (Phi) is 7.02. The van der Waals surface area contributed by atoms with E-state index >= 15 is 0 Å². The summed E-state index contributed by atoms with van der Waals surface area (Å²) in [6, 6.07) is 11.5. The smallest absolute Gasteiger partial charge is 0.349 e. The summed E-state index contributed by atoms with van der Waals surface area (Å²) in [5.74, 6) is -0.985. The van der Waals surface area contributed by atoms with Gasteiger partial charge in [0.2, 0.25) is 5.91 Å². The van der Waals surface area contributed by atoms with Crippen LogP contribution >= 0.6 is 23.1 Å². The molecule has 0 fully saturated rings. The lowest BCUT2D eigenvalue weighted by Crippen LogP contribution is -2.34. The molecule has 2 amide bonds. The van der Waals surface area contributed by atoms with Crippen molar-refractivity contribution in [2.75, 3.05) is 12.4 Å². The lowest BCUT2D eigenvalue weighted by molar-refractivity contribution is -0.132. The van der Waals surface area contributed by atoms with Gasteiger partial charge in [0.25, 0.3) is 5.91 Å². The number of hydrogen-bond acceptors (Lipinski definition) is 6. The van der Waals surface area contributed by atoms with Crippen LogP contribution in [0, 0.1) is 6.92 Å². The van der Waals surface area contributed by atoms with E-state index in [-0.39, 0.29) is 12.3 Å². The van der Waals surface area contributed by atoms with E-state index in [2.05, 4.69) is 5.32 Å². The van der Waals surface area contributed by atoms with Crippen molar-refractivity contribution in [3.05, 3.63) is 52.2 Å². The van der Waals surface area contributed by atoms with Gasteiger partial charge in [0.05, 0.1) is 0 Å². The number of esters is 1. The highest BCUT2D eigenvalue weighted by atomic mass is 32.2. The van der Waals surface area contributed by atoms with Crippen molar-refractivity contribution in [1.29, 1.82) is 0 Å². The molecule has 0 unspecified atom stereocenters. The van der Waals surface area contributed by atoms with E-state index in [0.717, 1.165) is 10.5 Å². The molecule has 1 aromatic heterocycles. The van der Waals surface area contributed by atoms with Gasteiger partial charge in [0.1, 0.15) is 4.88 Å². The first-order valence-corrected chi connectivity index (χ1v) is 9.14. The molecule has 24 heavy (non-hydrogen) atoms. The zero-order valence-electron chi connectivity index (χ0n) is 13.1. The summed E-state index contributed by atoms with van der Waals surface area (Å²) in [6.07, 6.45) is 0.212. The van der Waals surface area contributed by atoms with Gasteiger partial charge in [-0.1, -0.05) is 18.2 Å². The van der Waals surface area contributed by atoms with Crippen molar-refractivity contribution in [1.82, 2.24) is 5.32 Å². The van der Waals surface area contributed by atoms with E-state index in [1.54, 1.807) is 18.4 Å². The molecule has 1 N–H and O–H groups in total. The van der Waals surface area contributed by atoms with Gasteiger partial charge in [-0.25, -0.2) is 4.79 Å². The summed E-state index contributed by atoms with van der Waals surface area (Å²) in [6.45, 7) is 1.33. The number of benzene rings is 1.